The van der Waals surface area contributed by atoms with Gasteiger partial charge in [-0.05, 0) is 29.7 Å². The van der Waals surface area contributed by atoms with Gasteiger partial charge in [0, 0.05) is 12.1 Å². The molecule has 0 aliphatic carbocycles. The fraction of sp³-hybridized carbons (Fsp3) is 0.278. The Kier molecular flexibility index (Phi) is 4.31. The first-order valence-electron chi connectivity index (χ1n) is 7.33. The number of nitrogens with one attached hydrogen (secondary N) is 1. The van der Waals surface area contributed by atoms with Gasteiger partial charge in [0.25, 0.3) is 0 Å². The second-order valence-electron chi connectivity index (χ2n) is 5.27. The van der Waals surface area contributed by atoms with E-state index in [4.69, 9.17) is 4.74 Å². The third-order valence-electron chi connectivity index (χ3n) is 3.77. The van der Waals surface area contributed by atoms with Crippen molar-refractivity contribution in [1.29, 1.82) is 0 Å². The van der Waals surface area contributed by atoms with Crippen molar-refractivity contribution >= 4 is 11.5 Å². The zero-order valence-electron chi connectivity index (χ0n) is 11.9. The van der Waals surface area contributed by atoms with E-state index in [1.54, 1.807) is 0 Å². The number of rotatable bonds is 5. The lowest BCUT2D eigenvalue weighted by molar-refractivity contribution is -0.120. The molecule has 1 atom stereocenters. The summed E-state index contributed by atoms with van der Waals surface area (Å²) in [5.41, 5.74) is 3.44. The molecule has 3 nitrogen and oxygen atoms in total. The second-order valence-corrected chi connectivity index (χ2v) is 5.27. The number of carbonyl (C=O) groups is 1. The number of para-hydroxylation sites is 1. The maximum absolute atomic E-state index is 12.2. The second kappa shape index (κ2) is 6.55. The maximum atomic E-state index is 12.2. The van der Waals surface area contributed by atoms with Crippen LogP contribution in [0.2, 0.25) is 0 Å². The van der Waals surface area contributed by atoms with Crippen molar-refractivity contribution in [2.24, 2.45) is 0 Å². The lowest BCUT2D eigenvalue weighted by Crippen LogP contribution is -2.22. The van der Waals surface area contributed by atoms with Crippen molar-refractivity contribution in [3.8, 4) is 0 Å². The topological polar surface area (TPSA) is 38.3 Å². The van der Waals surface area contributed by atoms with Gasteiger partial charge in [-0.1, -0.05) is 42.5 Å². The summed E-state index contributed by atoms with van der Waals surface area (Å²) >= 11 is 0. The largest absolute Gasteiger partial charge is 0.378 e. The number of hydrogen-bond donors (Lipinski definition) is 1. The van der Waals surface area contributed by atoms with E-state index in [2.05, 4.69) is 17.4 Å². The van der Waals surface area contributed by atoms with Crippen LogP contribution in [0.25, 0.3) is 0 Å². The Morgan fingerprint density at radius 2 is 1.86 bits per heavy atom. The van der Waals surface area contributed by atoms with E-state index in [1.807, 2.05) is 42.5 Å². The highest BCUT2D eigenvalue weighted by Crippen LogP contribution is 2.29. The number of fused-ring (bicyclic) bond motifs is 1. The van der Waals surface area contributed by atoms with Crippen molar-refractivity contribution in [1.82, 2.24) is 0 Å². The van der Waals surface area contributed by atoms with Gasteiger partial charge in [-0.2, -0.15) is 0 Å². The molecule has 0 amide bonds. The molecule has 0 spiro atoms. The van der Waals surface area contributed by atoms with E-state index in [0.29, 0.717) is 19.6 Å². The van der Waals surface area contributed by atoms with Gasteiger partial charge in [0.2, 0.25) is 0 Å². The number of ketones is 1. The molecule has 0 saturated heterocycles. The van der Waals surface area contributed by atoms with E-state index >= 15 is 0 Å². The third-order valence-corrected chi connectivity index (χ3v) is 3.77. The molecule has 21 heavy (non-hydrogen) atoms. The molecule has 0 fully saturated rings. The molecule has 0 bridgehead atoms. The number of Topliss-reactive ketones (excluding diaryl/α,β-unsaturated/α-hetero) is 1. The summed E-state index contributed by atoms with van der Waals surface area (Å²) in [5, 5.41) is 3.15. The van der Waals surface area contributed by atoms with Gasteiger partial charge >= 0.3 is 0 Å². The van der Waals surface area contributed by atoms with Gasteiger partial charge in [-0.25, -0.2) is 0 Å². The highest BCUT2D eigenvalue weighted by Gasteiger charge is 2.22. The molecule has 0 saturated carbocycles. The average molecular weight is 281 g/mol. The predicted octanol–water partition coefficient (Wildman–Crippen LogP) is 3.37. The predicted molar refractivity (Wildman–Crippen MR) is 83.4 cm³/mol. The van der Waals surface area contributed by atoms with Crippen LogP contribution in [0, 0.1) is 0 Å². The maximum Gasteiger partial charge on any atom is 0.154 e. The minimum absolute atomic E-state index is 0.0972. The molecule has 3 rings (SSSR count). The van der Waals surface area contributed by atoms with Crippen LogP contribution in [-0.2, 0) is 16.0 Å². The van der Waals surface area contributed by atoms with E-state index in [0.717, 1.165) is 17.7 Å². The van der Waals surface area contributed by atoms with Crippen LogP contribution in [-0.4, -0.2) is 18.9 Å². The SMILES string of the molecule is O=C(CNc1ccccc1)CC1OCCc2ccccc21. The van der Waals surface area contributed by atoms with Gasteiger partial charge < -0.3 is 10.1 Å². The summed E-state index contributed by atoms with van der Waals surface area (Å²) in [4.78, 5) is 12.2. The van der Waals surface area contributed by atoms with Crippen LogP contribution in [0.3, 0.4) is 0 Å². The van der Waals surface area contributed by atoms with Gasteiger partial charge in [0.15, 0.2) is 5.78 Å². The van der Waals surface area contributed by atoms with Crippen LogP contribution in [0.1, 0.15) is 23.7 Å². The first-order valence-corrected chi connectivity index (χ1v) is 7.33. The summed E-state index contributed by atoms with van der Waals surface area (Å²) in [7, 11) is 0. The molecule has 1 N–H and O–H groups in total. The molecule has 2 aromatic carbocycles. The molecule has 0 aromatic heterocycles. The lowest BCUT2D eigenvalue weighted by atomic mass is 9.94. The van der Waals surface area contributed by atoms with Gasteiger partial charge in [0.05, 0.1) is 19.3 Å². The zero-order valence-corrected chi connectivity index (χ0v) is 11.9. The minimum Gasteiger partial charge on any atom is -0.378 e. The Morgan fingerprint density at radius 3 is 2.71 bits per heavy atom. The standard InChI is InChI=1S/C18H19NO2/c20-16(13-19-15-7-2-1-3-8-15)12-18-17-9-5-4-6-14(17)10-11-21-18/h1-9,18-19H,10-13H2. The Labute approximate surface area is 124 Å². The molecular weight excluding hydrogens is 262 g/mol. The summed E-state index contributed by atoms with van der Waals surface area (Å²) in [6.07, 6.45) is 1.26. The molecule has 1 aliphatic rings. The van der Waals surface area contributed by atoms with E-state index in [9.17, 15) is 4.79 Å². The highest BCUT2D eigenvalue weighted by molar-refractivity contribution is 5.83. The van der Waals surface area contributed by atoms with Gasteiger partial charge in [-0.3, -0.25) is 4.79 Å². The Bertz CT molecular complexity index is 610. The van der Waals surface area contributed by atoms with Gasteiger partial charge in [0.1, 0.15) is 0 Å². The minimum atomic E-state index is -0.0972. The van der Waals surface area contributed by atoms with Crippen LogP contribution in [0.4, 0.5) is 5.69 Å². The van der Waals surface area contributed by atoms with Crippen molar-refractivity contribution in [2.75, 3.05) is 18.5 Å². The Hall–Kier alpha value is -2.13. The van der Waals surface area contributed by atoms with Crippen molar-refractivity contribution in [2.45, 2.75) is 18.9 Å². The first-order chi connectivity index (χ1) is 10.3. The molecule has 3 heteroatoms. The quantitative estimate of drug-likeness (QED) is 0.913. The molecule has 1 unspecified atom stereocenters. The number of ether oxygens (including phenoxy) is 1. The third kappa shape index (κ3) is 3.50. The van der Waals surface area contributed by atoms with E-state index in [-0.39, 0.29) is 11.9 Å². The van der Waals surface area contributed by atoms with E-state index in [1.165, 1.54) is 5.56 Å². The summed E-state index contributed by atoms with van der Waals surface area (Å²) in [5.74, 6) is 0.167. The summed E-state index contributed by atoms with van der Waals surface area (Å²) < 4.78 is 5.78. The normalized spacial score (nSPS) is 17.0. The van der Waals surface area contributed by atoms with Crippen LogP contribution < -0.4 is 5.32 Å². The van der Waals surface area contributed by atoms with Crippen molar-refractivity contribution < 1.29 is 9.53 Å². The Balaban J connectivity index is 1.58. The summed E-state index contributed by atoms with van der Waals surface area (Å²) in [6, 6.07) is 18.0. The zero-order chi connectivity index (χ0) is 14.5. The molecular formula is C18H19NO2. The highest BCUT2D eigenvalue weighted by atomic mass is 16.5. The summed E-state index contributed by atoms with van der Waals surface area (Å²) in [6.45, 7) is 1.03. The average Bonchev–Trinajstić information content (AvgIpc) is 2.54. The first kappa shape index (κ1) is 13.8. The van der Waals surface area contributed by atoms with E-state index < -0.39 is 0 Å². The van der Waals surface area contributed by atoms with Crippen LogP contribution in [0.5, 0.6) is 0 Å². The number of carbonyl (C=O) groups excluding carboxylic acids is 1. The molecule has 0 radical (unpaired) electrons. The molecule has 1 heterocycles. The fourth-order valence-corrected chi connectivity index (χ4v) is 2.68. The number of anilines is 1. The number of hydrogen-bond acceptors (Lipinski definition) is 3. The van der Waals surface area contributed by atoms with Crippen molar-refractivity contribution in [3.05, 3.63) is 65.7 Å². The molecule has 2 aromatic rings. The Morgan fingerprint density at radius 1 is 1.10 bits per heavy atom. The smallest absolute Gasteiger partial charge is 0.154 e. The molecule has 1 aliphatic heterocycles. The van der Waals surface area contributed by atoms with Crippen LogP contribution >= 0.6 is 0 Å². The van der Waals surface area contributed by atoms with Gasteiger partial charge in [-0.15, -0.1) is 0 Å². The molecule has 108 valence electrons. The lowest BCUT2D eigenvalue weighted by Gasteiger charge is -2.25. The number of benzene rings is 2. The fourth-order valence-electron chi connectivity index (χ4n) is 2.68. The van der Waals surface area contributed by atoms with Crippen molar-refractivity contribution in [3.63, 3.8) is 0 Å². The van der Waals surface area contributed by atoms with Crippen LogP contribution in [0.15, 0.2) is 54.6 Å². The monoisotopic (exact) mass is 281 g/mol.